The van der Waals surface area contributed by atoms with Crippen molar-refractivity contribution in [3.63, 3.8) is 0 Å². The molecule has 1 unspecified atom stereocenters. The molecular weight excluding hydrogens is 277 g/mol. The Morgan fingerprint density at radius 1 is 1.19 bits per heavy atom. The zero-order valence-electron chi connectivity index (χ0n) is 12.2. The highest BCUT2D eigenvalue weighted by atomic mass is 19.4. The summed E-state index contributed by atoms with van der Waals surface area (Å²) in [5, 5.41) is 3.37. The lowest BCUT2D eigenvalue weighted by atomic mass is 9.97. The monoisotopic (exact) mass is 298 g/mol. The van der Waals surface area contributed by atoms with Gasteiger partial charge < -0.3 is 5.32 Å². The molecule has 1 saturated heterocycles. The molecule has 0 bridgehead atoms. The van der Waals surface area contributed by atoms with Gasteiger partial charge in [-0.3, -0.25) is 4.90 Å². The van der Waals surface area contributed by atoms with E-state index in [1.54, 1.807) is 12.1 Å². The van der Waals surface area contributed by atoms with E-state index in [0.29, 0.717) is 12.0 Å². The lowest BCUT2D eigenvalue weighted by molar-refractivity contribution is -0.137. The van der Waals surface area contributed by atoms with E-state index in [1.165, 1.54) is 25.0 Å². The van der Waals surface area contributed by atoms with E-state index >= 15 is 0 Å². The first kappa shape index (κ1) is 14.9. The second-order valence-electron chi connectivity index (χ2n) is 6.19. The molecule has 0 amide bonds. The minimum Gasteiger partial charge on any atom is -0.314 e. The van der Waals surface area contributed by atoms with Crippen LogP contribution >= 0.6 is 0 Å². The number of hydrogen-bond donors (Lipinski definition) is 1. The van der Waals surface area contributed by atoms with Crippen molar-refractivity contribution in [3.05, 3.63) is 35.4 Å². The number of nitrogens with zero attached hydrogens (tertiary/aromatic N) is 1. The third kappa shape index (κ3) is 3.24. The third-order valence-corrected chi connectivity index (χ3v) is 4.56. The Bertz CT molecular complexity index is 479. The fraction of sp³-hybridized carbons (Fsp3) is 0.625. The van der Waals surface area contributed by atoms with E-state index in [9.17, 15) is 13.2 Å². The van der Waals surface area contributed by atoms with E-state index in [1.807, 2.05) is 0 Å². The Kier molecular flexibility index (Phi) is 3.97. The average Bonchev–Trinajstić information content (AvgIpc) is 3.26. The first-order chi connectivity index (χ1) is 9.97. The summed E-state index contributed by atoms with van der Waals surface area (Å²) < 4.78 is 38.1. The van der Waals surface area contributed by atoms with Crippen LogP contribution in [0.3, 0.4) is 0 Å². The Morgan fingerprint density at radius 2 is 1.86 bits per heavy atom. The molecule has 1 aliphatic carbocycles. The number of hydrogen-bond acceptors (Lipinski definition) is 2. The molecule has 2 aliphatic rings. The number of halogens is 3. The van der Waals surface area contributed by atoms with E-state index in [2.05, 4.69) is 17.1 Å². The van der Waals surface area contributed by atoms with Crippen LogP contribution in [0.2, 0.25) is 0 Å². The molecule has 116 valence electrons. The maximum Gasteiger partial charge on any atom is 0.416 e. The number of alkyl halides is 3. The van der Waals surface area contributed by atoms with Gasteiger partial charge in [-0.25, -0.2) is 0 Å². The molecule has 1 N–H and O–H groups in total. The quantitative estimate of drug-likeness (QED) is 0.919. The molecule has 0 spiro atoms. The Morgan fingerprint density at radius 3 is 2.38 bits per heavy atom. The molecule has 1 heterocycles. The molecule has 2 nitrogen and oxygen atoms in total. The summed E-state index contributed by atoms with van der Waals surface area (Å²) in [6, 6.07) is 6.46. The second-order valence-corrected chi connectivity index (χ2v) is 6.19. The van der Waals surface area contributed by atoms with Crippen molar-refractivity contribution in [2.24, 2.45) is 5.92 Å². The fourth-order valence-electron chi connectivity index (χ4n) is 3.29. The standard InChI is InChI=1S/C16H21F3N2/c1-11-10-20-8-9-21(11)15(12-2-3-12)13-4-6-14(7-5-13)16(17,18)19/h4-7,11-12,15,20H,2-3,8-10H2,1H3/t11-,15?/m0/s1. The summed E-state index contributed by atoms with van der Waals surface area (Å²) in [5.74, 6) is 0.599. The fourth-order valence-corrected chi connectivity index (χ4v) is 3.29. The summed E-state index contributed by atoms with van der Waals surface area (Å²) in [5.41, 5.74) is 0.466. The smallest absolute Gasteiger partial charge is 0.314 e. The van der Waals surface area contributed by atoms with E-state index in [4.69, 9.17) is 0 Å². The van der Waals surface area contributed by atoms with Crippen molar-refractivity contribution in [2.75, 3.05) is 19.6 Å². The Balaban J connectivity index is 1.84. The minimum atomic E-state index is -4.25. The summed E-state index contributed by atoms with van der Waals surface area (Å²) in [7, 11) is 0. The van der Waals surface area contributed by atoms with Crippen molar-refractivity contribution in [1.82, 2.24) is 10.2 Å². The minimum absolute atomic E-state index is 0.268. The highest BCUT2D eigenvalue weighted by Gasteiger charge is 2.39. The second kappa shape index (κ2) is 5.61. The van der Waals surface area contributed by atoms with Gasteiger partial charge in [-0.15, -0.1) is 0 Å². The van der Waals surface area contributed by atoms with Gasteiger partial charge in [0.25, 0.3) is 0 Å². The molecule has 2 fully saturated rings. The number of benzene rings is 1. The van der Waals surface area contributed by atoms with Gasteiger partial charge in [-0.1, -0.05) is 12.1 Å². The van der Waals surface area contributed by atoms with Crippen molar-refractivity contribution in [1.29, 1.82) is 0 Å². The number of rotatable bonds is 3. The Labute approximate surface area is 123 Å². The first-order valence-corrected chi connectivity index (χ1v) is 7.60. The predicted octanol–water partition coefficient (Wildman–Crippen LogP) is 3.45. The normalized spacial score (nSPS) is 25.8. The van der Waals surface area contributed by atoms with Crippen molar-refractivity contribution < 1.29 is 13.2 Å². The maximum atomic E-state index is 12.7. The molecule has 0 aromatic heterocycles. The SMILES string of the molecule is C[C@H]1CNCCN1C(c1ccc(C(F)(F)F)cc1)C1CC1. The van der Waals surface area contributed by atoms with Gasteiger partial charge in [0.2, 0.25) is 0 Å². The largest absolute Gasteiger partial charge is 0.416 e. The predicted molar refractivity (Wildman–Crippen MR) is 75.9 cm³/mol. The Hall–Kier alpha value is -1.07. The average molecular weight is 298 g/mol. The van der Waals surface area contributed by atoms with Crippen LogP contribution < -0.4 is 5.32 Å². The van der Waals surface area contributed by atoms with Crippen molar-refractivity contribution in [2.45, 2.75) is 38.0 Å². The molecule has 21 heavy (non-hydrogen) atoms. The van der Waals surface area contributed by atoms with Crippen LogP contribution in [-0.4, -0.2) is 30.6 Å². The van der Waals surface area contributed by atoms with Crippen molar-refractivity contribution >= 4 is 0 Å². The highest BCUT2D eigenvalue weighted by Crippen LogP contribution is 2.45. The molecule has 1 aliphatic heterocycles. The molecule has 5 heteroatoms. The molecule has 2 atom stereocenters. The molecule has 1 aromatic carbocycles. The van der Waals surface area contributed by atoms with Gasteiger partial charge >= 0.3 is 6.18 Å². The summed E-state index contributed by atoms with van der Waals surface area (Å²) >= 11 is 0. The van der Waals surface area contributed by atoms with Gasteiger partial charge in [-0.05, 0) is 43.4 Å². The summed E-state index contributed by atoms with van der Waals surface area (Å²) in [6.45, 7) is 5.05. The van der Waals surface area contributed by atoms with Crippen LogP contribution in [0.15, 0.2) is 24.3 Å². The van der Waals surface area contributed by atoms with Crippen LogP contribution in [-0.2, 0) is 6.18 Å². The van der Waals surface area contributed by atoms with Gasteiger partial charge in [0.05, 0.1) is 5.56 Å². The van der Waals surface area contributed by atoms with E-state index in [0.717, 1.165) is 25.2 Å². The molecule has 3 rings (SSSR count). The van der Waals surface area contributed by atoms with Crippen LogP contribution in [0.25, 0.3) is 0 Å². The summed E-state index contributed by atoms with van der Waals surface area (Å²) in [6.07, 6.45) is -1.89. The van der Waals surface area contributed by atoms with Gasteiger partial charge in [0.15, 0.2) is 0 Å². The number of piperazine rings is 1. The lowest BCUT2D eigenvalue weighted by Crippen LogP contribution is -2.51. The maximum absolute atomic E-state index is 12.7. The lowest BCUT2D eigenvalue weighted by Gasteiger charge is -2.40. The van der Waals surface area contributed by atoms with Crippen LogP contribution in [0.1, 0.15) is 36.9 Å². The molecule has 1 aromatic rings. The van der Waals surface area contributed by atoms with Gasteiger partial charge in [0.1, 0.15) is 0 Å². The highest BCUT2D eigenvalue weighted by molar-refractivity contribution is 5.28. The molecular formula is C16H21F3N2. The molecule has 0 radical (unpaired) electrons. The zero-order chi connectivity index (χ0) is 15.0. The van der Waals surface area contributed by atoms with Crippen LogP contribution in [0.5, 0.6) is 0 Å². The van der Waals surface area contributed by atoms with E-state index < -0.39 is 11.7 Å². The van der Waals surface area contributed by atoms with Gasteiger partial charge in [-0.2, -0.15) is 13.2 Å². The molecule has 1 saturated carbocycles. The van der Waals surface area contributed by atoms with Crippen LogP contribution in [0.4, 0.5) is 13.2 Å². The van der Waals surface area contributed by atoms with Gasteiger partial charge in [0, 0.05) is 31.7 Å². The topological polar surface area (TPSA) is 15.3 Å². The van der Waals surface area contributed by atoms with Crippen LogP contribution in [0, 0.1) is 5.92 Å². The van der Waals surface area contributed by atoms with E-state index in [-0.39, 0.29) is 6.04 Å². The number of nitrogens with one attached hydrogen (secondary N) is 1. The van der Waals surface area contributed by atoms with Crippen molar-refractivity contribution in [3.8, 4) is 0 Å². The zero-order valence-corrected chi connectivity index (χ0v) is 12.2. The third-order valence-electron chi connectivity index (χ3n) is 4.56. The first-order valence-electron chi connectivity index (χ1n) is 7.60. The summed E-state index contributed by atoms with van der Waals surface area (Å²) in [4.78, 5) is 2.46.